The molecule has 0 spiro atoms. The fourth-order valence-corrected chi connectivity index (χ4v) is 3.29. The normalized spacial score (nSPS) is 12.7. The van der Waals surface area contributed by atoms with Gasteiger partial charge in [0.15, 0.2) is 0 Å². The Labute approximate surface area is 145 Å². The lowest BCUT2D eigenvalue weighted by atomic mass is 9.94. The van der Waals surface area contributed by atoms with Gasteiger partial charge in [-0.25, -0.2) is 8.78 Å². The highest BCUT2D eigenvalue weighted by molar-refractivity contribution is 6.39. The van der Waals surface area contributed by atoms with Crippen molar-refractivity contribution in [3.8, 4) is 0 Å². The molecule has 0 aliphatic heterocycles. The van der Waals surface area contributed by atoms with E-state index in [2.05, 4.69) is 10.2 Å². The Morgan fingerprint density at radius 2 is 1.87 bits per heavy atom. The first-order valence-corrected chi connectivity index (χ1v) is 7.65. The molecule has 0 fully saturated rings. The highest BCUT2D eigenvalue weighted by atomic mass is 35.5. The van der Waals surface area contributed by atoms with Crippen molar-refractivity contribution in [3.63, 3.8) is 0 Å². The van der Waals surface area contributed by atoms with Crippen LogP contribution in [0.2, 0.25) is 15.1 Å². The SMILES string of the molecule is CC(Cc1c(Cl)cc(Cl)cc1Cl)c1[nH]nc(C(F)F)c1C(N)=O. The van der Waals surface area contributed by atoms with Crippen LogP contribution < -0.4 is 5.73 Å². The van der Waals surface area contributed by atoms with Crippen molar-refractivity contribution in [3.05, 3.63) is 49.7 Å². The molecule has 1 aromatic heterocycles. The van der Waals surface area contributed by atoms with Gasteiger partial charge < -0.3 is 5.73 Å². The molecule has 0 aliphatic rings. The number of rotatable bonds is 5. The van der Waals surface area contributed by atoms with Crippen molar-refractivity contribution < 1.29 is 13.6 Å². The van der Waals surface area contributed by atoms with Crippen LogP contribution in [0.3, 0.4) is 0 Å². The molecule has 0 saturated carbocycles. The van der Waals surface area contributed by atoms with Gasteiger partial charge in [0.2, 0.25) is 0 Å². The lowest BCUT2D eigenvalue weighted by molar-refractivity contribution is 0.0983. The first kappa shape index (κ1) is 18.0. The second-order valence-corrected chi connectivity index (χ2v) is 6.27. The van der Waals surface area contributed by atoms with E-state index in [9.17, 15) is 13.6 Å². The minimum Gasteiger partial charge on any atom is -0.365 e. The third-order valence-corrected chi connectivity index (χ3v) is 4.28. The molecule has 1 heterocycles. The number of aromatic amines is 1. The fourth-order valence-electron chi connectivity index (χ4n) is 2.32. The molecule has 0 saturated heterocycles. The van der Waals surface area contributed by atoms with Gasteiger partial charge in [-0.2, -0.15) is 5.10 Å². The van der Waals surface area contributed by atoms with E-state index in [1.165, 1.54) is 12.1 Å². The van der Waals surface area contributed by atoms with Crippen LogP contribution in [0.15, 0.2) is 12.1 Å². The molecule has 23 heavy (non-hydrogen) atoms. The molecule has 2 aromatic rings. The van der Waals surface area contributed by atoms with Crippen molar-refractivity contribution in [2.45, 2.75) is 25.7 Å². The molecule has 1 amide bonds. The van der Waals surface area contributed by atoms with Gasteiger partial charge in [0, 0.05) is 21.0 Å². The van der Waals surface area contributed by atoms with Crippen LogP contribution in [0.25, 0.3) is 0 Å². The summed E-state index contributed by atoms with van der Waals surface area (Å²) in [6, 6.07) is 3.06. The van der Waals surface area contributed by atoms with Gasteiger partial charge >= 0.3 is 0 Å². The minimum atomic E-state index is -2.91. The maximum atomic E-state index is 12.9. The Bertz CT molecular complexity index is 726. The first-order chi connectivity index (χ1) is 10.7. The molecule has 9 heteroatoms. The third kappa shape index (κ3) is 3.76. The molecule has 0 radical (unpaired) electrons. The number of nitrogens with zero attached hydrogens (tertiary/aromatic N) is 1. The van der Waals surface area contributed by atoms with Crippen LogP contribution in [0, 0.1) is 0 Å². The summed E-state index contributed by atoms with van der Waals surface area (Å²) in [6.07, 6.45) is -2.61. The highest BCUT2D eigenvalue weighted by Gasteiger charge is 2.27. The number of nitrogens with one attached hydrogen (secondary N) is 1. The quantitative estimate of drug-likeness (QED) is 0.783. The molecule has 0 bridgehead atoms. The van der Waals surface area contributed by atoms with E-state index in [1.54, 1.807) is 6.92 Å². The molecule has 1 atom stereocenters. The summed E-state index contributed by atoms with van der Waals surface area (Å²) in [6.45, 7) is 1.72. The Morgan fingerprint density at radius 1 is 1.30 bits per heavy atom. The number of nitrogens with two attached hydrogens (primary N) is 1. The maximum absolute atomic E-state index is 12.9. The number of H-pyrrole nitrogens is 1. The standard InChI is InChI=1S/C14H12Cl3F2N3O/c1-5(2-7-8(16)3-6(15)4-9(7)17)11-10(14(20)23)12(13(18)19)22-21-11/h3-5,13H,2H2,1H3,(H2,20,23)(H,21,22). The highest BCUT2D eigenvalue weighted by Crippen LogP contribution is 2.34. The van der Waals surface area contributed by atoms with E-state index in [4.69, 9.17) is 40.5 Å². The summed E-state index contributed by atoms with van der Waals surface area (Å²) in [4.78, 5) is 11.5. The topological polar surface area (TPSA) is 71.8 Å². The van der Waals surface area contributed by atoms with Gasteiger partial charge in [-0.15, -0.1) is 0 Å². The number of carbonyl (C=O) groups excluding carboxylic acids is 1. The number of alkyl halides is 2. The van der Waals surface area contributed by atoms with Crippen molar-refractivity contribution >= 4 is 40.7 Å². The van der Waals surface area contributed by atoms with Crippen LogP contribution in [0.4, 0.5) is 8.78 Å². The van der Waals surface area contributed by atoms with Crippen molar-refractivity contribution in [2.24, 2.45) is 5.73 Å². The average Bonchev–Trinajstić information content (AvgIpc) is 2.87. The number of amides is 1. The number of carbonyl (C=O) groups is 1. The van der Waals surface area contributed by atoms with E-state index >= 15 is 0 Å². The number of benzene rings is 1. The van der Waals surface area contributed by atoms with Crippen LogP contribution in [-0.2, 0) is 6.42 Å². The molecule has 1 unspecified atom stereocenters. The predicted molar refractivity (Wildman–Crippen MR) is 85.7 cm³/mol. The van der Waals surface area contributed by atoms with Crippen LogP contribution in [0.5, 0.6) is 0 Å². The zero-order valence-electron chi connectivity index (χ0n) is 11.8. The van der Waals surface area contributed by atoms with E-state index in [0.29, 0.717) is 27.1 Å². The number of primary amides is 1. The molecule has 3 N–H and O–H groups in total. The second kappa shape index (κ2) is 7.03. The van der Waals surface area contributed by atoms with Crippen LogP contribution >= 0.6 is 34.8 Å². The third-order valence-electron chi connectivity index (χ3n) is 3.38. The van der Waals surface area contributed by atoms with Crippen LogP contribution in [-0.4, -0.2) is 16.1 Å². The van der Waals surface area contributed by atoms with Crippen molar-refractivity contribution in [1.82, 2.24) is 10.2 Å². The molecule has 4 nitrogen and oxygen atoms in total. The monoisotopic (exact) mass is 381 g/mol. The van der Waals surface area contributed by atoms with E-state index in [0.717, 1.165) is 0 Å². The van der Waals surface area contributed by atoms with E-state index in [1.807, 2.05) is 0 Å². The van der Waals surface area contributed by atoms with Gasteiger partial charge in [-0.1, -0.05) is 41.7 Å². The Balaban J connectivity index is 2.39. The zero-order chi connectivity index (χ0) is 17.3. The molecule has 124 valence electrons. The summed E-state index contributed by atoms with van der Waals surface area (Å²) in [5.74, 6) is -1.36. The zero-order valence-corrected chi connectivity index (χ0v) is 14.1. The Morgan fingerprint density at radius 3 is 2.35 bits per heavy atom. The maximum Gasteiger partial charge on any atom is 0.282 e. The Kier molecular flexibility index (Phi) is 5.49. The lowest BCUT2D eigenvalue weighted by Gasteiger charge is -2.14. The molecule has 2 rings (SSSR count). The summed E-state index contributed by atoms with van der Waals surface area (Å²) in [7, 11) is 0. The van der Waals surface area contributed by atoms with Crippen molar-refractivity contribution in [2.75, 3.05) is 0 Å². The summed E-state index contributed by atoms with van der Waals surface area (Å²) in [5, 5.41) is 7.05. The van der Waals surface area contributed by atoms with Gasteiger partial charge in [0.25, 0.3) is 12.3 Å². The smallest absolute Gasteiger partial charge is 0.282 e. The van der Waals surface area contributed by atoms with Gasteiger partial charge in [-0.05, 0) is 24.1 Å². The largest absolute Gasteiger partial charge is 0.365 e. The van der Waals surface area contributed by atoms with Gasteiger partial charge in [0.1, 0.15) is 5.69 Å². The molecular weight excluding hydrogens is 371 g/mol. The van der Waals surface area contributed by atoms with Crippen LogP contribution in [0.1, 0.15) is 46.6 Å². The summed E-state index contributed by atoms with van der Waals surface area (Å²) < 4.78 is 25.8. The lowest BCUT2D eigenvalue weighted by Crippen LogP contribution is -2.16. The number of hydrogen-bond acceptors (Lipinski definition) is 2. The van der Waals surface area contributed by atoms with E-state index in [-0.39, 0.29) is 11.3 Å². The Hall–Kier alpha value is -1.37. The van der Waals surface area contributed by atoms with Gasteiger partial charge in [0.05, 0.1) is 11.3 Å². The number of aromatic nitrogens is 2. The minimum absolute atomic E-state index is 0.217. The van der Waals surface area contributed by atoms with Crippen molar-refractivity contribution in [1.29, 1.82) is 0 Å². The summed E-state index contributed by atoms with van der Waals surface area (Å²) in [5.41, 5.74) is 5.06. The average molecular weight is 383 g/mol. The summed E-state index contributed by atoms with van der Waals surface area (Å²) >= 11 is 18.1. The van der Waals surface area contributed by atoms with Gasteiger partial charge in [-0.3, -0.25) is 9.89 Å². The fraction of sp³-hybridized carbons (Fsp3) is 0.286. The second-order valence-electron chi connectivity index (χ2n) is 5.02. The molecular formula is C14H12Cl3F2N3O. The molecule has 1 aromatic carbocycles. The van der Waals surface area contributed by atoms with E-state index < -0.39 is 23.9 Å². The molecule has 0 aliphatic carbocycles. The number of hydrogen-bond donors (Lipinski definition) is 2. The first-order valence-electron chi connectivity index (χ1n) is 6.51. The predicted octanol–water partition coefficient (Wildman–Crippen LogP) is 4.75. The number of halogens is 5.